The SMILES string of the molecule is CC(C)CN1CCN(S(=O)(=O)CCCCNC(C)C)CC1. The first-order chi connectivity index (χ1) is 9.81. The van der Waals surface area contributed by atoms with Crippen molar-refractivity contribution >= 4 is 10.0 Å². The number of rotatable bonds is 9. The Morgan fingerprint density at radius 2 is 1.62 bits per heavy atom. The highest BCUT2D eigenvalue weighted by atomic mass is 32.2. The highest BCUT2D eigenvalue weighted by Gasteiger charge is 2.26. The number of nitrogens with zero attached hydrogens (tertiary/aromatic N) is 2. The highest BCUT2D eigenvalue weighted by molar-refractivity contribution is 7.89. The summed E-state index contributed by atoms with van der Waals surface area (Å²) in [7, 11) is -3.06. The van der Waals surface area contributed by atoms with Gasteiger partial charge in [-0.3, -0.25) is 0 Å². The summed E-state index contributed by atoms with van der Waals surface area (Å²) in [4.78, 5) is 2.36. The number of unbranched alkanes of at least 4 members (excludes halogenated alkanes) is 1. The molecule has 1 aliphatic heterocycles. The molecule has 6 heteroatoms. The van der Waals surface area contributed by atoms with E-state index in [-0.39, 0.29) is 5.75 Å². The lowest BCUT2D eigenvalue weighted by atomic mass is 10.2. The lowest BCUT2D eigenvalue weighted by Gasteiger charge is -2.34. The van der Waals surface area contributed by atoms with Crippen molar-refractivity contribution in [2.45, 2.75) is 46.6 Å². The van der Waals surface area contributed by atoms with Crippen molar-refractivity contribution in [3.63, 3.8) is 0 Å². The molecule has 0 atom stereocenters. The molecule has 21 heavy (non-hydrogen) atoms. The van der Waals surface area contributed by atoms with Crippen molar-refractivity contribution in [1.82, 2.24) is 14.5 Å². The van der Waals surface area contributed by atoms with E-state index in [4.69, 9.17) is 0 Å². The monoisotopic (exact) mass is 319 g/mol. The lowest BCUT2D eigenvalue weighted by molar-refractivity contribution is 0.172. The van der Waals surface area contributed by atoms with E-state index in [1.165, 1.54) is 0 Å². The van der Waals surface area contributed by atoms with Crippen molar-refractivity contribution in [3.05, 3.63) is 0 Å². The van der Waals surface area contributed by atoms with Crippen LogP contribution in [0.2, 0.25) is 0 Å². The molecule has 1 fully saturated rings. The third kappa shape index (κ3) is 7.58. The number of hydrogen-bond acceptors (Lipinski definition) is 4. The quantitative estimate of drug-likeness (QED) is 0.652. The largest absolute Gasteiger partial charge is 0.315 e. The number of sulfonamides is 1. The minimum absolute atomic E-state index is 0.289. The van der Waals surface area contributed by atoms with E-state index in [1.807, 2.05) is 0 Å². The van der Waals surface area contributed by atoms with Crippen LogP contribution < -0.4 is 5.32 Å². The summed E-state index contributed by atoms with van der Waals surface area (Å²) in [6.07, 6.45) is 1.67. The van der Waals surface area contributed by atoms with Gasteiger partial charge in [0, 0.05) is 38.8 Å². The molecular weight excluding hydrogens is 286 g/mol. The summed E-state index contributed by atoms with van der Waals surface area (Å²) in [5.41, 5.74) is 0. The fourth-order valence-electron chi connectivity index (χ4n) is 2.64. The molecule has 0 spiro atoms. The maximum absolute atomic E-state index is 12.3. The molecule has 1 heterocycles. The molecule has 0 unspecified atom stereocenters. The van der Waals surface area contributed by atoms with Crippen molar-refractivity contribution in [1.29, 1.82) is 0 Å². The summed E-state index contributed by atoms with van der Waals surface area (Å²) in [6, 6.07) is 0.468. The Morgan fingerprint density at radius 1 is 1.00 bits per heavy atom. The predicted octanol–water partition coefficient (Wildman–Crippen LogP) is 1.37. The number of nitrogens with one attached hydrogen (secondary N) is 1. The average Bonchev–Trinajstić information content (AvgIpc) is 2.37. The van der Waals surface area contributed by atoms with Crippen LogP contribution in [-0.4, -0.2) is 68.7 Å². The van der Waals surface area contributed by atoms with E-state index in [2.05, 4.69) is 37.9 Å². The van der Waals surface area contributed by atoms with Gasteiger partial charge in [0.15, 0.2) is 0 Å². The van der Waals surface area contributed by atoms with Crippen molar-refractivity contribution in [3.8, 4) is 0 Å². The predicted molar refractivity (Wildman–Crippen MR) is 89.0 cm³/mol. The van der Waals surface area contributed by atoms with Gasteiger partial charge >= 0.3 is 0 Å². The number of hydrogen-bond donors (Lipinski definition) is 1. The second kappa shape index (κ2) is 9.08. The molecule has 0 aromatic rings. The molecule has 0 aromatic heterocycles. The zero-order valence-electron chi connectivity index (χ0n) is 14.1. The van der Waals surface area contributed by atoms with Crippen LogP contribution in [0.4, 0.5) is 0 Å². The van der Waals surface area contributed by atoms with E-state index in [9.17, 15) is 8.42 Å². The molecule has 0 amide bonds. The molecule has 1 aliphatic rings. The van der Waals surface area contributed by atoms with E-state index in [0.29, 0.717) is 25.0 Å². The van der Waals surface area contributed by atoms with Crippen molar-refractivity contribution in [2.75, 3.05) is 45.0 Å². The summed E-state index contributed by atoms with van der Waals surface area (Å²) in [6.45, 7) is 13.6. The highest BCUT2D eigenvalue weighted by Crippen LogP contribution is 2.11. The van der Waals surface area contributed by atoms with Gasteiger partial charge < -0.3 is 10.2 Å². The summed E-state index contributed by atoms with van der Waals surface area (Å²) >= 11 is 0. The van der Waals surface area contributed by atoms with E-state index >= 15 is 0 Å². The molecule has 0 aromatic carbocycles. The molecule has 0 aliphatic carbocycles. The zero-order chi connectivity index (χ0) is 15.9. The van der Waals surface area contributed by atoms with E-state index in [0.717, 1.165) is 39.0 Å². The maximum Gasteiger partial charge on any atom is 0.214 e. The molecular formula is C15H33N3O2S. The minimum Gasteiger partial charge on any atom is -0.315 e. The first-order valence-electron chi connectivity index (χ1n) is 8.25. The van der Waals surface area contributed by atoms with Gasteiger partial charge in [0.25, 0.3) is 0 Å². The van der Waals surface area contributed by atoms with Gasteiger partial charge in [-0.25, -0.2) is 8.42 Å². The van der Waals surface area contributed by atoms with Crippen molar-refractivity contribution < 1.29 is 8.42 Å². The van der Waals surface area contributed by atoms with Crippen molar-refractivity contribution in [2.24, 2.45) is 5.92 Å². The van der Waals surface area contributed by atoms with Crippen LogP contribution in [-0.2, 0) is 10.0 Å². The van der Waals surface area contributed by atoms with Gasteiger partial charge in [-0.2, -0.15) is 4.31 Å². The Morgan fingerprint density at radius 3 is 2.14 bits per heavy atom. The molecule has 126 valence electrons. The first-order valence-corrected chi connectivity index (χ1v) is 9.85. The Hall–Kier alpha value is -0.170. The van der Waals surface area contributed by atoms with Crippen LogP contribution in [0.1, 0.15) is 40.5 Å². The standard InChI is InChI=1S/C15H33N3O2S/c1-14(2)13-17-8-10-18(11-9-17)21(19,20)12-6-5-7-16-15(3)4/h14-16H,5-13H2,1-4H3. The fraction of sp³-hybridized carbons (Fsp3) is 1.00. The topological polar surface area (TPSA) is 52.7 Å². The maximum atomic E-state index is 12.3. The summed E-state index contributed by atoms with van der Waals surface area (Å²) in [5, 5.41) is 3.32. The van der Waals surface area contributed by atoms with Crippen LogP contribution in [0.25, 0.3) is 0 Å². The average molecular weight is 320 g/mol. The van der Waals surface area contributed by atoms with Crippen LogP contribution in [0.5, 0.6) is 0 Å². The van der Waals surface area contributed by atoms with Gasteiger partial charge in [-0.1, -0.05) is 27.7 Å². The number of piperazine rings is 1. The van der Waals surface area contributed by atoms with Gasteiger partial charge in [-0.15, -0.1) is 0 Å². The molecule has 0 saturated carbocycles. The van der Waals surface area contributed by atoms with E-state index in [1.54, 1.807) is 4.31 Å². The molecule has 1 N–H and O–H groups in total. The third-order valence-corrected chi connectivity index (χ3v) is 5.69. The van der Waals surface area contributed by atoms with E-state index < -0.39 is 10.0 Å². The first kappa shape index (κ1) is 18.9. The smallest absolute Gasteiger partial charge is 0.214 e. The van der Waals surface area contributed by atoms with Crippen LogP contribution in [0.15, 0.2) is 0 Å². The van der Waals surface area contributed by atoms with Gasteiger partial charge in [-0.05, 0) is 25.3 Å². The third-order valence-electron chi connectivity index (χ3n) is 3.73. The molecule has 0 radical (unpaired) electrons. The lowest BCUT2D eigenvalue weighted by Crippen LogP contribution is -2.49. The molecule has 1 saturated heterocycles. The van der Waals surface area contributed by atoms with Crippen LogP contribution in [0.3, 0.4) is 0 Å². The second-order valence-corrected chi connectivity index (χ2v) is 8.81. The van der Waals surface area contributed by atoms with Gasteiger partial charge in [0.1, 0.15) is 0 Å². The Balaban J connectivity index is 2.26. The normalized spacial score (nSPS) is 18.8. The summed E-state index contributed by atoms with van der Waals surface area (Å²) < 4.78 is 26.3. The van der Waals surface area contributed by atoms with Crippen LogP contribution >= 0.6 is 0 Å². The van der Waals surface area contributed by atoms with Gasteiger partial charge in [0.2, 0.25) is 10.0 Å². The molecule has 5 nitrogen and oxygen atoms in total. The zero-order valence-corrected chi connectivity index (χ0v) is 15.0. The summed E-state index contributed by atoms with van der Waals surface area (Å²) in [5.74, 6) is 0.929. The molecule has 0 bridgehead atoms. The fourth-order valence-corrected chi connectivity index (χ4v) is 4.18. The Labute approximate surface area is 131 Å². The Bertz CT molecular complexity index is 374. The minimum atomic E-state index is -3.06. The molecule has 1 rings (SSSR count). The second-order valence-electron chi connectivity index (χ2n) is 6.73. The van der Waals surface area contributed by atoms with Gasteiger partial charge in [0.05, 0.1) is 5.75 Å². The van der Waals surface area contributed by atoms with Crippen LogP contribution in [0, 0.1) is 5.92 Å². The Kier molecular flexibility index (Phi) is 8.16.